The van der Waals surface area contributed by atoms with Crippen molar-refractivity contribution in [3.8, 4) is 0 Å². The van der Waals surface area contributed by atoms with Gasteiger partial charge in [-0.15, -0.1) is 11.8 Å². The van der Waals surface area contributed by atoms with Crippen molar-refractivity contribution >= 4 is 23.6 Å². The molecule has 2 aromatic rings. The molecule has 1 atom stereocenters. The van der Waals surface area contributed by atoms with E-state index in [0.29, 0.717) is 18.7 Å². The van der Waals surface area contributed by atoms with Crippen molar-refractivity contribution in [3.63, 3.8) is 0 Å². The maximum Gasteiger partial charge on any atom is 0.243 e. The van der Waals surface area contributed by atoms with Crippen LogP contribution in [0.25, 0.3) is 0 Å². The van der Waals surface area contributed by atoms with Crippen LogP contribution in [0.2, 0.25) is 0 Å². The average molecular weight is 413 g/mol. The van der Waals surface area contributed by atoms with Gasteiger partial charge < -0.3 is 10.2 Å². The fourth-order valence-corrected chi connectivity index (χ4v) is 4.06. The molecule has 4 nitrogen and oxygen atoms in total. The predicted molar refractivity (Wildman–Crippen MR) is 122 cm³/mol. The normalized spacial score (nSPS) is 11.9. The van der Waals surface area contributed by atoms with E-state index < -0.39 is 6.04 Å². The van der Waals surface area contributed by atoms with Gasteiger partial charge in [0.1, 0.15) is 6.04 Å². The third kappa shape index (κ3) is 7.24. The summed E-state index contributed by atoms with van der Waals surface area (Å²) in [4.78, 5) is 27.7. The first kappa shape index (κ1) is 23.0. The molecule has 0 aliphatic carbocycles. The smallest absolute Gasteiger partial charge is 0.243 e. The molecule has 156 valence electrons. The van der Waals surface area contributed by atoms with Gasteiger partial charge >= 0.3 is 0 Å². The number of rotatable bonds is 10. The van der Waals surface area contributed by atoms with E-state index in [2.05, 4.69) is 17.4 Å². The molecule has 0 spiro atoms. The Morgan fingerprint density at radius 1 is 1.03 bits per heavy atom. The Labute approximate surface area is 179 Å². The number of hydrogen-bond acceptors (Lipinski definition) is 3. The number of aryl methyl sites for hydroxylation is 1. The summed E-state index contributed by atoms with van der Waals surface area (Å²) in [5, 5.41) is 2.97. The minimum atomic E-state index is -0.471. The number of carbonyl (C=O) groups is 2. The maximum atomic E-state index is 13.2. The van der Waals surface area contributed by atoms with Crippen LogP contribution in [0.15, 0.2) is 54.6 Å². The molecule has 2 amide bonds. The fourth-order valence-electron chi connectivity index (χ4n) is 3.18. The van der Waals surface area contributed by atoms with E-state index in [0.717, 1.165) is 16.9 Å². The Kier molecular flexibility index (Phi) is 9.26. The monoisotopic (exact) mass is 412 g/mol. The summed E-state index contributed by atoms with van der Waals surface area (Å²) < 4.78 is 0. The summed E-state index contributed by atoms with van der Waals surface area (Å²) >= 11 is 1.59. The third-order valence-electron chi connectivity index (χ3n) is 4.76. The zero-order valence-corrected chi connectivity index (χ0v) is 18.7. The van der Waals surface area contributed by atoms with E-state index in [9.17, 15) is 9.59 Å². The van der Waals surface area contributed by atoms with Crippen molar-refractivity contribution in [2.75, 3.05) is 5.75 Å². The second-order valence-corrected chi connectivity index (χ2v) is 8.50. The molecule has 0 bridgehead atoms. The van der Waals surface area contributed by atoms with Gasteiger partial charge in [-0.25, -0.2) is 0 Å². The first-order chi connectivity index (χ1) is 13.9. The highest BCUT2D eigenvalue weighted by atomic mass is 32.2. The van der Waals surface area contributed by atoms with Crippen molar-refractivity contribution in [1.82, 2.24) is 10.2 Å². The number of nitrogens with one attached hydrogen (secondary N) is 1. The molecule has 0 aliphatic rings. The van der Waals surface area contributed by atoms with E-state index in [-0.39, 0.29) is 17.9 Å². The summed E-state index contributed by atoms with van der Waals surface area (Å²) in [6.07, 6.45) is 0.583. The lowest BCUT2D eigenvalue weighted by Crippen LogP contribution is -2.51. The predicted octanol–water partition coefficient (Wildman–Crippen LogP) is 4.56. The van der Waals surface area contributed by atoms with Gasteiger partial charge in [0.05, 0.1) is 5.75 Å². The molecule has 5 heteroatoms. The van der Waals surface area contributed by atoms with Crippen molar-refractivity contribution in [2.24, 2.45) is 0 Å². The molecule has 29 heavy (non-hydrogen) atoms. The Morgan fingerprint density at radius 2 is 1.69 bits per heavy atom. The summed E-state index contributed by atoms with van der Waals surface area (Å²) in [6.45, 7) is 8.32. The lowest BCUT2D eigenvalue weighted by Gasteiger charge is -2.31. The van der Waals surface area contributed by atoms with Gasteiger partial charge in [0.2, 0.25) is 11.8 Å². The Balaban J connectivity index is 2.14. The van der Waals surface area contributed by atoms with Crippen LogP contribution in [-0.2, 0) is 21.9 Å². The molecule has 1 N–H and O–H groups in total. The van der Waals surface area contributed by atoms with Crippen LogP contribution in [0.3, 0.4) is 0 Å². The third-order valence-corrected chi connectivity index (χ3v) is 5.74. The second-order valence-electron chi connectivity index (χ2n) is 7.51. The maximum absolute atomic E-state index is 13.2. The highest BCUT2D eigenvalue weighted by molar-refractivity contribution is 7.99. The van der Waals surface area contributed by atoms with E-state index in [4.69, 9.17) is 0 Å². The zero-order valence-electron chi connectivity index (χ0n) is 17.9. The van der Waals surface area contributed by atoms with Crippen LogP contribution in [0, 0.1) is 6.92 Å². The molecular weight excluding hydrogens is 380 g/mol. The van der Waals surface area contributed by atoms with Crippen LogP contribution in [-0.4, -0.2) is 34.6 Å². The van der Waals surface area contributed by atoms with Gasteiger partial charge in [-0.3, -0.25) is 9.59 Å². The van der Waals surface area contributed by atoms with Crippen molar-refractivity contribution in [3.05, 3.63) is 71.3 Å². The number of carbonyl (C=O) groups excluding carboxylic acids is 2. The SMILES string of the molecule is CCC(C(=O)NC(C)C)N(Cc1ccccc1C)C(=O)CSCc1ccccc1. The molecule has 0 radical (unpaired) electrons. The van der Waals surface area contributed by atoms with Crippen LogP contribution < -0.4 is 5.32 Å². The van der Waals surface area contributed by atoms with Gasteiger partial charge in [-0.05, 0) is 43.9 Å². The topological polar surface area (TPSA) is 49.4 Å². The molecule has 0 fully saturated rings. The standard InChI is InChI=1S/C24H32N2O2S/c1-5-22(24(28)25-18(2)3)26(15-21-14-10-9-11-19(21)4)23(27)17-29-16-20-12-7-6-8-13-20/h6-14,18,22H,5,15-17H2,1-4H3,(H,25,28). The molecule has 0 aliphatic heterocycles. The minimum Gasteiger partial charge on any atom is -0.352 e. The number of benzene rings is 2. The summed E-state index contributed by atoms with van der Waals surface area (Å²) in [5.41, 5.74) is 3.39. The van der Waals surface area contributed by atoms with Gasteiger partial charge in [0.15, 0.2) is 0 Å². The molecule has 0 heterocycles. The highest BCUT2D eigenvalue weighted by Gasteiger charge is 2.29. The Morgan fingerprint density at radius 3 is 2.31 bits per heavy atom. The summed E-state index contributed by atoms with van der Waals surface area (Å²) in [5.74, 6) is 1.05. The molecule has 0 saturated carbocycles. The fraction of sp³-hybridized carbons (Fsp3) is 0.417. The number of hydrogen-bond donors (Lipinski definition) is 1. The molecule has 2 rings (SSSR count). The van der Waals surface area contributed by atoms with Crippen LogP contribution >= 0.6 is 11.8 Å². The molecular formula is C24H32N2O2S. The zero-order chi connectivity index (χ0) is 21.2. The van der Waals surface area contributed by atoms with E-state index >= 15 is 0 Å². The second kappa shape index (κ2) is 11.7. The lowest BCUT2D eigenvalue weighted by atomic mass is 10.1. The molecule has 0 saturated heterocycles. The quantitative estimate of drug-likeness (QED) is 0.622. The highest BCUT2D eigenvalue weighted by Crippen LogP contribution is 2.18. The Bertz CT molecular complexity index is 792. The van der Waals surface area contributed by atoms with E-state index in [1.54, 1.807) is 16.7 Å². The van der Waals surface area contributed by atoms with E-state index in [1.165, 1.54) is 5.56 Å². The number of nitrogens with zero attached hydrogens (tertiary/aromatic N) is 1. The van der Waals surface area contributed by atoms with Crippen molar-refractivity contribution < 1.29 is 9.59 Å². The van der Waals surface area contributed by atoms with Crippen molar-refractivity contribution in [2.45, 2.75) is 58.5 Å². The molecule has 2 aromatic carbocycles. The first-order valence-corrected chi connectivity index (χ1v) is 11.3. The lowest BCUT2D eigenvalue weighted by molar-refractivity contribution is -0.139. The van der Waals surface area contributed by atoms with E-state index in [1.807, 2.05) is 70.2 Å². The van der Waals surface area contributed by atoms with Gasteiger partial charge in [-0.1, -0.05) is 61.5 Å². The number of thioether (sulfide) groups is 1. The van der Waals surface area contributed by atoms with Crippen molar-refractivity contribution in [1.29, 1.82) is 0 Å². The van der Waals surface area contributed by atoms with Crippen LogP contribution in [0.4, 0.5) is 0 Å². The largest absolute Gasteiger partial charge is 0.352 e. The molecule has 1 unspecified atom stereocenters. The Hall–Kier alpha value is -2.27. The van der Waals surface area contributed by atoms with Crippen LogP contribution in [0.1, 0.15) is 43.9 Å². The molecule has 0 aromatic heterocycles. The first-order valence-electron chi connectivity index (χ1n) is 10.2. The summed E-state index contributed by atoms with van der Waals surface area (Å²) in [7, 11) is 0. The minimum absolute atomic E-state index is 0.0000553. The van der Waals surface area contributed by atoms with Gasteiger partial charge in [-0.2, -0.15) is 0 Å². The average Bonchev–Trinajstić information content (AvgIpc) is 2.69. The van der Waals surface area contributed by atoms with Gasteiger partial charge in [0.25, 0.3) is 0 Å². The van der Waals surface area contributed by atoms with Crippen LogP contribution in [0.5, 0.6) is 0 Å². The number of amides is 2. The van der Waals surface area contributed by atoms with Gasteiger partial charge in [0, 0.05) is 18.3 Å². The summed E-state index contributed by atoms with van der Waals surface area (Å²) in [6, 6.07) is 17.7.